The van der Waals surface area contributed by atoms with E-state index in [1.54, 1.807) is 54.6 Å². The minimum Gasteiger partial charge on any atom is -0.424 e. The predicted molar refractivity (Wildman–Crippen MR) is 120 cm³/mol. The molecular weight excluding hydrogens is 473 g/mol. The Bertz CT molecular complexity index is 1340. The van der Waals surface area contributed by atoms with Crippen LogP contribution in [0.1, 0.15) is 5.56 Å². The molecule has 2 N–H and O–H groups in total. The number of aryl methyl sites for hydroxylation is 1. The van der Waals surface area contributed by atoms with Gasteiger partial charge >= 0.3 is 18.2 Å². The maximum Gasteiger partial charge on any atom is 0.417 e. The largest absolute Gasteiger partial charge is 0.424 e. The Hall–Kier alpha value is -4.12. The fourth-order valence-corrected chi connectivity index (χ4v) is 3.19. The highest BCUT2D eigenvalue weighted by Crippen LogP contribution is 2.36. The van der Waals surface area contributed by atoms with Crippen LogP contribution in [0.3, 0.4) is 0 Å². The Kier molecular flexibility index (Phi) is 6.37. The summed E-state index contributed by atoms with van der Waals surface area (Å²) in [5.41, 5.74) is 0.632. The van der Waals surface area contributed by atoms with Gasteiger partial charge in [0.15, 0.2) is 0 Å². The highest BCUT2D eigenvalue weighted by molar-refractivity contribution is 6.31. The van der Waals surface area contributed by atoms with Crippen LogP contribution in [0, 0.1) is 0 Å². The van der Waals surface area contributed by atoms with Crippen LogP contribution in [0.15, 0.2) is 67.1 Å². The Morgan fingerprint density at radius 1 is 1.09 bits per heavy atom. The second-order valence-electron chi connectivity index (χ2n) is 7.03. The van der Waals surface area contributed by atoms with E-state index in [-0.39, 0.29) is 11.7 Å². The molecule has 4 aromatic rings. The van der Waals surface area contributed by atoms with Crippen molar-refractivity contribution in [1.82, 2.24) is 19.7 Å². The second-order valence-corrected chi connectivity index (χ2v) is 7.44. The number of hydrogen-bond acceptors (Lipinski definition) is 5. The van der Waals surface area contributed by atoms with Crippen molar-refractivity contribution < 1.29 is 22.7 Å². The summed E-state index contributed by atoms with van der Waals surface area (Å²) >= 11 is 5.60. The summed E-state index contributed by atoms with van der Waals surface area (Å²) in [6.07, 6.45) is 0.357. The van der Waals surface area contributed by atoms with E-state index >= 15 is 0 Å². The summed E-state index contributed by atoms with van der Waals surface area (Å²) in [4.78, 5) is 20.7. The quantitative estimate of drug-likeness (QED) is 0.360. The van der Waals surface area contributed by atoms with Crippen molar-refractivity contribution in [2.24, 2.45) is 7.05 Å². The Morgan fingerprint density at radius 2 is 1.85 bits per heavy atom. The van der Waals surface area contributed by atoms with E-state index in [4.69, 9.17) is 16.3 Å². The zero-order valence-corrected chi connectivity index (χ0v) is 18.2. The number of anilines is 2. The van der Waals surface area contributed by atoms with Crippen LogP contribution in [-0.4, -0.2) is 25.8 Å². The number of halogens is 4. The smallest absolute Gasteiger partial charge is 0.417 e. The molecule has 0 aliphatic rings. The standard InChI is InChI=1S/C22H16ClF3N6O2/c1-32-12-13(11-28-32)19-7-8-27-21(31-19)34-16-4-2-3-14(9-16)29-20(33)30-15-5-6-18(23)17(10-15)22(24,25)26/h2-12H,1H3,(H2,29,30,33). The fraction of sp³-hybridized carbons (Fsp3) is 0.0909. The number of benzene rings is 2. The van der Waals surface area contributed by atoms with Gasteiger partial charge in [-0.3, -0.25) is 4.68 Å². The number of hydrogen-bond donors (Lipinski definition) is 2. The molecule has 0 fully saturated rings. The zero-order valence-electron chi connectivity index (χ0n) is 17.5. The topological polar surface area (TPSA) is 94.0 Å². The van der Waals surface area contributed by atoms with E-state index in [0.29, 0.717) is 17.1 Å². The second kappa shape index (κ2) is 9.40. The number of aromatic nitrogens is 4. The molecule has 0 unspecified atom stereocenters. The van der Waals surface area contributed by atoms with Crippen molar-refractivity contribution in [3.63, 3.8) is 0 Å². The number of alkyl halides is 3. The van der Waals surface area contributed by atoms with Crippen LogP contribution >= 0.6 is 11.6 Å². The van der Waals surface area contributed by atoms with E-state index in [0.717, 1.165) is 17.7 Å². The molecule has 8 nitrogen and oxygen atoms in total. The lowest BCUT2D eigenvalue weighted by molar-refractivity contribution is -0.137. The number of ether oxygens (including phenoxy) is 1. The minimum atomic E-state index is -4.65. The Morgan fingerprint density at radius 3 is 2.56 bits per heavy atom. The number of rotatable bonds is 5. The number of carbonyl (C=O) groups is 1. The molecule has 2 aromatic carbocycles. The van der Waals surface area contributed by atoms with Crippen LogP contribution in [0.4, 0.5) is 29.3 Å². The predicted octanol–water partition coefficient (Wildman–Crippen LogP) is 5.99. The average Bonchev–Trinajstić information content (AvgIpc) is 3.21. The van der Waals surface area contributed by atoms with Gasteiger partial charge in [-0.2, -0.15) is 23.3 Å². The summed E-state index contributed by atoms with van der Waals surface area (Å²) in [7, 11) is 1.79. The Balaban J connectivity index is 1.44. The van der Waals surface area contributed by atoms with Crippen molar-refractivity contribution >= 4 is 29.0 Å². The van der Waals surface area contributed by atoms with Gasteiger partial charge in [0, 0.05) is 42.4 Å². The number of nitrogens with zero attached hydrogens (tertiary/aromatic N) is 4. The molecule has 2 amide bonds. The van der Waals surface area contributed by atoms with Gasteiger partial charge < -0.3 is 15.4 Å². The summed E-state index contributed by atoms with van der Waals surface area (Å²) in [6.45, 7) is 0. The van der Waals surface area contributed by atoms with E-state index in [9.17, 15) is 18.0 Å². The van der Waals surface area contributed by atoms with Crippen LogP contribution in [0.25, 0.3) is 11.3 Å². The van der Waals surface area contributed by atoms with Crippen molar-refractivity contribution in [2.75, 3.05) is 10.6 Å². The third-order valence-electron chi connectivity index (χ3n) is 4.46. The van der Waals surface area contributed by atoms with Gasteiger partial charge in [0.1, 0.15) is 5.75 Å². The first-order valence-electron chi connectivity index (χ1n) is 9.72. The van der Waals surface area contributed by atoms with Gasteiger partial charge in [-0.05, 0) is 36.4 Å². The number of urea groups is 1. The first-order chi connectivity index (χ1) is 16.2. The van der Waals surface area contributed by atoms with Crippen LogP contribution in [0.2, 0.25) is 5.02 Å². The Labute approximate surface area is 196 Å². The molecule has 0 saturated heterocycles. The maximum absolute atomic E-state index is 13.0. The maximum atomic E-state index is 13.0. The minimum absolute atomic E-state index is 0.0674. The summed E-state index contributed by atoms with van der Waals surface area (Å²) < 4.78 is 46.4. The SMILES string of the molecule is Cn1cc(-c2ccnc(Oc3cccc(NC(=O)Nc4ccc(Cl)c(C(F)(F)F)c4)c3)n2)cn1. The molecule has 2 heterocycles. The molecule has 0 saturated carbocycles. The van der Waals surface area contributed by atoms with E-state index in [1.807, 2.05) is 0 Å². The molecule has 0 aliphatic carbocycles. The molecular formula is C22H16ClF3N6O2. The van der Waals surface area contributed by atoms with Crippen molar-refractivity contribution in [3.8, 4) is 23.0 Å². The molecule has 4 rings (SSSR count). The third kappa shape index (κ3) is 5.62. The molecule has 12 heteroatoms. The molecule has 0 aliphatic heterocycles. The number of amides is 2. The first-order valence-corrected chi connectivity index (χ1v) is 10.1. The van der Waals surface area contributed by atoms with Crippen molar-refractivity contribution in [3.05, 3.63) is 77.7 Å². The lowest BCUT2D eigenvalue weighted by Crippen LogP contribution is -2.20. The normalized spacial score (nSPS) is 11.2. The summed E-state index contributed by atoms with van der Waals surface area (Å²) in [5, 5.41) is 8.52. The molecule has 0 atom stereocenters. The van der Waals surface area contributed by atoms with Crippen LogP contribution in [0.5, 0.6) is 11.8 Å². The zero-order chi connectivity index (χ0) is 24.3. The van der Waals surface area contributed by atoms with Gasteiger partial charge in [0.2, 0.25) is 0 Å². The molecule has 2 aromatic heterocycles. The molecule has 0 spiro atoms. The van der Waals surface area contributed by atoms with Gasteiger partial charge in [-0.25, -0.2) is 9.78 Å². The van der Waals surface area contributed by atoms with Crippen molar-refractivity contribution in [1.29, 1.82) is 0 Å². The summed E-state index contributed by atoms with van der Waals surface area (Å²) in [5.74, 6) is 0.340. The van der Waals surface area contributed by atoms with E-state index in [1.165, 1.54) is 12.1 Å². The molecule has 0 radical (unpaired) electrons. The highest BCUT2D eigenvalue weighted by atomic mass is 35.5. The monoisotopic (exact) mass is 488 g/mol. The highest BCUT2D eigenvalue weighted by Gasteiger charge is 2.33. The third-order valence-corrected chi connectivity index (χ3v) is 4.79. The molecule has 34 heavy (non-hydrogen) atoms. The number of nitrogens with one attached hydrogen (secondary N) is 2. The number of carbonyl (C=O) groups excluding carboxylic acids is 1. The van der Waals surface area contributed by atoms with Crippen LogP contribution in [-0.2, 0) is 13.2 Å². The van der Waals surface area contributed by atoms with E-state index < -0.39 is 22.8 Å². The van der Waals surface area contributed by atoms with Crippen LogP contribution < -0.4 is 15.4 Å². The van der Waals surface area contributed by atoms with Gasteiger partial charge in [0.05, 0.1) is 22.5 Å². The fourth-order valence-electron chi connectivity index (χ4n) is 2.96. The first kappa shape index (κ1) is 23.1. The average molecular weight is 489 g/mol. The van der Waals surface area contributed by atoms with Gasteiger partial charge in [-0.15, -0.1) is 0 Å². The summed E-state index contributed by atoms with van der Waals surface area (Å²) in [6, 6.07) is 10.5. The molecule has 174 valence electrons. The van der Waals surface area contributed by atoms with Crippen molar-refractivity contribution in [2.45, 2.75) is 6.18 Å². The van der Waals surface area contributed by atoms with Gasteiger partial charge in [0.25, 0.3) is 0 Å². The lowest BCUT2D eigenvalue weighted by Gasteiger charge is -2.13. The molecule has 0 bridgehead atoms. The van der Waals surface area contributed by atoms with Gasteiger partial charge in [-0.1, -0.05) is 17.7 Å². The van der Waals surface area contributed by atoms with E-state index in [2.05, 4.69) is 25.7 Å². The lowest BCUT2D eigenvalue weighted by atomic mass is 10.2.